The number of rotatable bonds is 4. The molecule has 3 aliphatic rings. The van der Waals surface area contributed by atoms with Gasteiger partial charge in [-0.2, -0.15) is 0 Å². The second-order valence-electron chi connectivity index (χ2n) is 5.57. The molecule has 2 nitrogen and oxygen atoms in total. The fourth-order valence-corrected chi connectivity index (χ4v) is 3.41. The van der Waals surface area contributed by atoms with Gasteiger partial charge in [0.1, 0.15) is 0 Å². The van der Waals surface area contributed by atoms with Crippen LogP contribution in [-0.4, -0.2) is 25.3 Å². The number of hydrogen-bond acceptors (Lipinski definition) is 2. The minimum absolute atomic E-state index is 0.538. The molecule has 2 heteroatoms. The zero-order chi connectivity index (χ0) is 10.8. The summed E-state index contributed by atoms with van der Waals surface area (Å²) in [5.41, 5.74) is 0. The van der Waals surface area contributed by atoms with Crippen molar-refractivity contribution in [2.75, 3.05) is 13.2 Å². The van der Waals surface area contributed by atoms with Gasteiger partial charge in [-0.3, -0.25) is 0 Å². The first-order chi connectivity index (χ1) is 7.93. The average molecular weight is 221 g/mol. The van der Waals surface area contributed by atoms with Gasteiger partial charge >= 0.3 is 0 Å². The predicted octanol–water partition coefficient (Wildman–Crippen LogP) is 2.50. The molecule has 0 aromatic rings. The van der Waals surface area contributed by atoms with Crippen molar-refractivity contribution >= 4 is 0 Å². The number of nitrogens with one attached hydrogen (secondary N) is 1. The summed E-state index contributed by atoms with van der Waals surface area (Å²) in [5, 5.41) is 3.71. The Morgan fingerprint density at radius 1 is 1.31 bits per heavy atom. The second kappa shape index (κ2) is 4.89. The van der Waals surface area contributed by atoms with Gasteiger partial charge in [0, 0.05) is 12.6 Å². The Morgan fingerprint density at radius 2 is 2.31 bits per heavy atom. The third-order valence-electron chi connectivity index (χ3n) is 4.51. The molecule has 16 heavy (non-hydrogen) atoms. The zero-order valence-corrected chi connectivity index (χ0v) is 10.0. The van der Waals surface area contributed by atoms with Crippen molar-refractivity contribution in [2.45, 2.75) is 50.7 Å². The highest BCUT2D eigenvalue weighted by Gasteiger charge is 2.40. The molecule has 1 heterocycles. The first kappa shape index (κ1) is 10.8. The van der Waals surface area contributed by atoms with Crippen LogP contribution in [0.25, 0.3) is 0 Å². The van der Waals surface area contributed by atoms with E-state index in [9.17, 15) is 0 Å². The molecular weight excluding hydrogens is 198 g/mol. The van der Waals surface area contributed by atoms with Crippen LogP contribution < -0.4 is 5.32 Å². The Morgan fingerprint density at radius 3 is 3.12 bits per heavy atom. The molecular formula is C14H23NO. The van der Waals surface area contributed by atoms with E-state index in [1.165, 1.54) is 38.5 Å². The molecule has 0 aromatic heterocycles. The van der Waals surface area contributed by atoms with E-state index in [-0.39, 0.29) is 0 Å². The summed E-state index contributed by atoms with van der Waals surface area (Å²) >= 11 is 0. The Kier molecular flexibility index (Phi) is 3.30. The van der Waals surface area contributed by atoms with Crippen molar-refractivity contribution < 1.29 is 4.74 Å². The van der Waals surface area contributed by atoms with Crippen LogP contribution in [0, 0.1) is 11.8 Å². The lowest BCUT2D eigenvalue weighted by Gasteiger charge is -2.41. The van der Waals surface area contributed by atoms with Gasteiger partial charge < -0.3 is 10.1 Å². The molecule has 3 rings (SSSR count). The molecule has 0 bridgehead atoms. The highest BCUT2D eigenvalue weighted by atomic mass is 16.5. The Labute approximate surface area is 98.4 Å². The third kappa shape index (κ3) is 2.18. The highest BCUT2D eigenvalue weighted by molar-refractivity contribution is 5.12. The summed E-state index contributed by atoms with van der Waals surface area (Å²) in [6, 6.07) is 0.771. The molecule has 2 fully saturated rings. The summed E-state index contributed by atoms with van der Waals surface area (Å²) in [7, 11) is 0. The van der Waals surface area contributed by atoms with Gasteiger partial charge in [-0.05, 0) is 56.9 Å². The molecule has 2 aliphatic carbocycles. The highest BCUT2D eigenvalue weighted by Crippen LogP contribution is 2.42. The molecule has 0 radical (unpaired) electrons. The van der Waals surface area contributed by atoms with Crippen LogP contribution in [0.15, 0.2) is 12.2 Å². The van der Waals surface area contributed by atoms with E-state index < -0.39 is 0 Å². The van der Waals surface area contributed by atoms with Crippen LogP contribution in [0.3, 0.4) is 0 Å². The fraction of sp³-hybridized carbons (Fsp3) is 0.857. The summed E-state index contributed by atoms with van der Waals surface area (Å²) in [6.45, 7) is 2.13. The number of allylic oxidation sites excluding steroid dienone is 1. The Bertz CT molecular complexity index is 257. The first-order valence-corrected chi connectivity index (χ1v) is 6.95. The summed E-state index contributed by atoms with van der Waals surface area (Å²) < 4.78 is 5.74. The minimum Gasteiger partial charge on any atom is -0.378 e. The maximum absolute atomic E-state index is 5.74. The molecule has 0 spiro atoms. The normalized spacial score (nSPS) is 41.8. The van der Waals surface area contributed by atoms with Gasteiger partial charge in [-0.1, -0.05) is 12.2 Å². The van der Waals surface area contributed by atoms with Crippen LogP contribution in [0.2, 0.25) is 0 Å². The molecule has 0 aromatic carbocycles. The minimum atomic E-state index is 0.538. The average Bonchev–Trinajstić information content (AvgIpc) is 2.67. The van der Waals surface area contributed by atoms with Crippen LogP contribution in [-0.2, 0) is 4.74 Å². The van der Waals surface area contributed by atoms with Gasteiger partial charge in [-0.25, -0.2) is 0 Å². The molecule has 4 unspecified atom stereocenters. The maximum atomic E-state index is 5.74. The van der Waals surface area contributed by atoms with E-state index in [4.69, 9.17) is 4.74 Å². The van der Waals surface area contributed by atoms with Crippen molar-refractivity contribution in [3.05, 3.63) is 12.2 Å². The molecule has 4 atom stereocenters. The summed E-state index contributed by atoms with van der Waals surface area (Å²) in [6.07, 6.45) is 13.1. The Hall–Kier alpha value is -0.340. The predicted molar refractivity (Wildman–Crippen MR) is 65.4 cm³/mol. The number of fused-ring (bicyclic) bond motifs is 1. The third-order valence-corrected chi connectivity index (χ3v) is 4.51. The van der Waals surface area contributed by atoms with Gasteiger partial charge in [0.25, 0.3) is 0 Å². The topological polar surface area (TPSA) is 21.3 Å². The van der Waals surface area contributed by atoms with Crippen molar-refractivity contribution in [3.63, 3.8) is 0 Å². The van der Waals surface area contributed by atoms with Crippen LogP contribution in [0.4, 0.5) is 0 Å². The number of ether oxygens (including phenoxy) is 1. The van der Waals surface area contributed by atoms with Crippen molar-refractivity contribution in [1.29, 1.82) is 0 Å². The largest absolute Gasteiger partial charge is 0.378 e. The van der Waals surface area contributed by atoms with E-state index in [2.05, 4.69) is 17.5 Å². The monoisotopic (exact) mass is 221 g/mol. The zero-order valence-electron chi connectivity index (χ0n) is 10.0. The maximum Gasteiger partial charge on any atom is 0.0587 e. The molecule has 1 saturated carbocycles. The standard InChI is InChI=1S/C14H23NO/c1-2-9-16-12(5-1)7-8-15-14-10-11-4-3-6-13(11)14/h3,6,11-15H,1-2,4-5,7-10H2. The lowest BCUT2D eigenvalue weighted by molar-refractivity contribution is 0.00978. The van der Waals surface area contributed by atoms with Gasteiger partial charge in [0.05, 0.1) is 6.10 Å². The Balaban J connectivity index is 1.33. The van der Waals surface area contributed by atoms with E-state index in [0.717, 1.165) is 31.0 Å². The summed E-state index contributed by atoms with van der Waals surface area (Å²) in [5.74, 6) is 1.83. The molecule has 1 N–H and O–H groups in total. The van der Waals surface area contributed by atoms with E-state index >= 15 is 0 Å². The lowest BCUT2D eigenvalue weighted by atomic mass is 9.71. The van der Waals surface area contributed by atoms with Gasteiger partial charge in [0.15, 0.2) is 0 Å². The molecule has 90 valence electrons. The summed E-state index contributed by atoms with van der Waals surface area (Å²) in [4.78, 5) is 0. The van der Waals surface area contributed by atoms with Crippen molar-refractivity contribution in [3.8, 4) is 0 Å². The second-order valence-corrected chi connectivity index (χ2v) is 5.57. The van der Waals surface area contributed by atoms with Crippen molar-refractivity contribution in [1.82, 2.24) is 5.32 Å². The quantitative estimate of drug-likeness (QED) is 0.736. The fourth-order valence-electron chi connectivity index (χ4n) is 3.41. The van der Waals surface area contributed by atoms with E-state index in [1.54, 1.807) is 0 Å². The van der Waals surface area contributed by atoms with Crippen LogP contribution >= 0.6 is 0 Å². The number of hydrogen-bond donors (Lipinski definition) is 1. The first-order valence-electron chi connectivity index (χ1n) is 6.95. The SMILES string of the molecule is C1=CC2C(C1)CC2NCCC1CCCCO1. The van der Waals surface area contributed by atoms with Crippen molar-refractivity contribution in [2.24, 2.45) is 11.8 Å². The lowest BCUT2D eigenvalue weighted by Crippen LogP contribution is -2.48. The smallest absolute Gasteiger partial charge is 0.0587 e. The molecule has 0 amide bonds. The van der Waals surface area contributed by atoms with E-state index in [1.807, 2.05) is 0 Å². The van der Waals surface area contributed by atoms with Gasteiger partial charge in [-0.15, -0.1) is 0 Å². The molecule has 1 saturated heterocycles. The van der Waals surface area contributed by atoms with Gasteiger partial charge in [0.2, 0.25) is 0 Å². The van der Waals surface area contributed by atoms with Crippen LogP contribution in [0.1, 0.15) is 38.5 Å². The van der Waals surface area contributed by atoms with E-state index in [0.29, 0.717) is 6.10 Å². The van der Waals surface area contributed by atoms with Crippen LogP contribution in [0.5, 0.6) is 0 Å². The molecule has 1 aliphatic heterocycles.